The number of thiophene rings is 1. The molecule has 0 aliphatic heterocycles. The molecule has 0 fully saturated rings. The molecule has 2 rings (SSSR count). The van der Waals surface area contributed by atoms with Crippen molar-refractivity contribution in [3.63, 3.8) is 0 Å². The summed E-state index contributed by atoms with van der Waals surface area (Å²) in [5.74, 6) is 0. The lowest BCUT2D eigenvalue weighted by molar-refractivity contribution is 0.530. The molecule has 0 aromatic carbocycles. The van der Waals surface area contributed by atoms with Crippen LogP contribution in [-0.4, -0.2) is 11.0 Å². The average Bonchev–Trinajstić information content (AvgIpc) is 2.92. The molecular weight excluding hydrogens is 272 g/mol. The average molecular weight is 294 g/mol. The van der Waals surface area contributed by atoms with E-state index in [-0.39, 0.29) is 6.04 Å². The fourth-order valence-electron chi connectivity index (χ4n) is 2.17. The predicted molar refractivity (Wildman–Crippen MR) is 85.4 cm³/mol. The molecule has 0 radical (unpaired) electrons. The number of nitrogens with zero attached hydrogens (tertiary/aromatic N) is 1. The second-order valence-corrected chi connectivity index (χ2v) is 7.31. The zero-order valence-corrected chi connectivity index (χ0v) is 13.9. The number of thiazole rings is 1. The molecule has 2 aromatic heterocycles. The number of aryl methyl sites for hydroxylation is 3. The Kier molecular flexibility index (Phi) is 4.76. The summed E-state index contributed by atoms with van der Waals surface area (Å²) in [6.07, 6.45) is 1.01. The molecule has 104 valence electrons. The van der Waals surface area contributed by atoms with E-state index in [1.807, 2.05) is 22.7 Å². The first-order chi connectivity index (χ1) is 9.02. The molecule has 0 aliphatic rings. The summed E-state index contributed by atoms with van der Waals surface area (Å²) in [5.41, 5.74) is 2.60. The Morgan fingerprint density at radius 1 is 1.32 bits per heavy atom. The Hall–Kier alpha value is -0.710. The highest BCUT2D eigenvalue weighted by molar-refractivity contribution is 7.12. The third-order valence-corrected chi connectivity index (χ3v) is 5.32. The van der Waals surface area contributed by atoms with Gasteiger partial charge in [0.05, 0.1) is 11.7 Å². The highest BCUT2D eigenvalue weighted by atomic mass is 32.1. The van der Waals surface area contributed by atoms with Crippen molar-refractivity contribution in [1.29, 1.82) is 0 Å². The van der Waals surface area contributed by atoms with Crippen molar-refractivity contribution in [2.45, 2.75) is 53.1 Å². The van der Waals surface area contributed by atoms with Crippen molar-refractivity contribution < 1.29 is 0 Å². The topological polar surface area (TPSA) is 24.9 Å². The number of nitrogens with one attached hydrogen (secondary N) is 1. The van der Waals surface area contributed by atoms with Crippen LogP contribution in [0.3, 0.4) is 0 Å². The highest BCUT2D eigenvalue weighted by Crippen LogP contribution is 2.33. The normalized spacial score (nSPS) is 13.2. The molecule has 4 heteroatoms. The summed E-state index contributed by atoms with van der Waals surface area (Å²) in [6, 6.07) is 2.88. The molecule has 2 nitrogen and oxygen atoms in total. The maximum Gasteiger partial charge on any atom is 0.116 e. The van der Waals surface area contributed by atoms with Gasteiger partial charge in [-0.1, -0.05) is 6.92 Å². The summed E-state index contributed by atoms with van der Waals surface area (Å²) in [5, 5.41) is 7.03. The highest BCUT2D eigenvalue weighted by Gasteiger charge is 2.22. The van der Waals surface area contributed by atoms with Crippen molar-refractivity contribution >= 4 is 22.7 Å². The van der Waals surface area contributed by atoms with Crippen LogP contribution in [0, 0.1) is 13.8 Å². The summed E-state index contributed by atoms with van der Waals surface area (Å²) >= 11 is 3.65. The third kappa shape index (κ3) is 3.25. The Morgan fingerprint density at radius 2 is 2.05 bits per heavy atom. The van der Waals surface area contributed by atoms with Crippen LogP contribution < -0.4 is 5.32 Å². The molecule has 0 bridgehead atoms. The van der Waals surface area contributed by atoms with E-state index in [9.17, 15) is 0 Å². The smallest absolute Gasteiger partial charge is 0.116 e. The van der Waals surface area contributed by atoms with Gasteiger partial charge in [-0.15, -0.1) is 22.7 Å². The van der Waals surface area contributed by atoms with E-state index in [1.165, 1.54) is 26.0 Å². The van der Waals surface area contributed by atoms with Crippen molar-refractivity contribution in [1.82, 2.24) is 10.3 Å². The van der Waals surface area contributed by atoms with E-state index in [4.69, 9.17) is 4.98 Å². The molecule has 19 heavy (non-hydrogen) atoms. The zero-order valence-electron chi connectivity index (χ0n) is 12.3. The van der Waals surface area contributed by atoms with Crippen LogP contribution in [0.25, 0.3) is 0 Å². The van der Waals surface area contributed by atoms with Gasteiger partial charge < -0.3 is 5.32 Å². The second-order valence-electron chi connectivity index (χ2n) is 5.13. The molecule has 2 heterocycles. The lowest BCUT2D eigenvalue weighted by atomic mass is 10.1. The summed E-state index contributed by atoms with van der Waals surface area (Å²) in [6.45, 7) is 10.9. The van der Waals surface area contributed by atoms with Crippen LogP contribution >= 0.6 is 22.7 Å². The van der Waals surface area contributed by atoms with Gasteiger partial charge in [-0.25, -0.2) is 4.98 Å². The number of hydrogen-bond donors (Lipinski definition) is 1. The Balaban J connectivity index is 2.39. The van der Waals surface area contributed by atoms with Gasteiger partial charge in [0.25, 0.3) is 0 Å². The van der Waals surface area contributed by atoms with E-state index in [0.717, 1.165) is 6.42 Å². The van der Waals surface area contributed by atoms with E-state index in [1.54, 1.807) is 0 Å². The fourth-order valence-corrected chi connectivity index (χ4v) is 4.32. The molecule has 0 amide bonds. The van der Waals surface area contributed by atoms with Crippen molar-refractivity contribution in [2.75, 3.05) is 0 Å². The molecule has 1 atom stereocenters. The molecule has 1 N–H and O–H groups in total. The van der Waals surface area contributed by atoms with Crippen molar-refractivity contribution in [2.24, 2.45) is 0 Å². The molecular formula is C15H22N2S2. The van der Waals surface area contributed by atoms with Gasteiger partial charge in [-0.3, -0.25) is 0 Å². The van der Waals surface area contributed by atoms with E-state index < -0.39 is 0 Å². The Bertz CT molecular complexity index is 540. The monoisotopic (exact) mass is 294 g/mol. The van der Waals surface area contributed by atoms with Crippen molar-refractivity contribution in [3.8, 4) is 0 Å². The molecule has 0 saturated heterocycles. The largest absolute Gasteiger partial charge is 0.301 e. The Morgan fingerprint density at radius 3 is 2.53 bits per heavy atom. The maximum absolute atomic E-state index is 4.84. The first-order valence-electron chi connectivity index (χ1n) is 6.79. The van der Waals surface area contributed by atoms with Gasteiger partial charge in [0.15, 0.2) is 0 Å². The Labute approximate surface area is 123 Å². The first-order valence-corrected chi connectivity index (χ1v) is 8.48. The van der Waals surface area contributed by atoms with Gasteiger partial charge >= 0.3 is 0 Å². The molecule has 2 aromatic rings. The van der Waals surface area contributed by atoms with Gasteiger partial charge in [0.2, 0.25) is 0 Å². The maximum atomic E-state index is 4.84. The second kappa shape index (κ2) is 6.16. The van der Waals surface area contributed by atoms with Crippen LogP contribution in [0.5, 0.6) is 0 Å². The van der Waals surface area contributed by atoms with Gasteiger partial charge in [-0.05, 0) is 51.1 Å². The minimum atomic E-state index is 0.240. The minimum Gasteiger partial charge on any atom is -0.301 e. The summed E-state index contributed by atoms with van der Waals surface area (Å²) in [4.78, 5) is 7.58. The van der Waals surface area contributed by atoms with Gasteiger partial charge in [0, 0.05) is 15.8 Å². The lowest BCUT2D eigenvalue weighted by Gasteiger charge is -2.19. The van der Waals surface area contributed by atoms with Crippen LogP contribution in [0.4, 0.5) is 0 Å². The SMILES string of the molecule is CCc1nc(C(NC(C)C)c2sccc2C)sc1C. The molecule has 0 spiro atoms. The lowest BCUT2D eigenvalue weighted by Crippen LogP contribution is -2.28. The van der Waals surface area contributed by atoms with Crippen molar-refractivity contribution in [3.05, 3.63) is 37.5 Å². The quantitative estimate of drug-likeness (QED) is 0.880. The van der Waals surface area contributed by atoms with Crippen LogP contribution in [0.15, 0.2) is 11.4 Å². The van der Waals surface area contributed by atoms with Crippen LogP contribution in [0.1, 0.15) is 52.8 Å². The molecule has 0 saturated carbocycles. The van der Waals surface area contributed by atoms with E-state index in [2.05, 4.69) is 51.4 Å². The number of aromatic nitrogens is 1. The standard InChI is InChI=1S/C15H22N2S2/c1-6-12-11(5)19-15(17-12)13(16-9(2)3)14-10(4)7-8-18-14/h7-9,13,16H,6H2,1-5H3. The number of hydrogen-bond acceptors (Lipinski definition) is 4. The van der Waals surface area contributed by atoms with E-state index >= 15 is 0 Å². The predicted octanol–water partition coefficient (Wildman–Crippen LogP) is 4.47. The van der Waals surface area contributed by atoms with Crippen LogP contribution in [-0.2, 0) is 6.42 Å². The van der Waals surface area contributed by atoms with E-state index in [0.29, 0.717) is 6.04 Å². The first kappa shape index (κ1) is 14.7. The summed E-state index contributed by atoms with van der Waals surface area (Å²) in [7, 11) is 0. The molecule has 1 unspecified atom stereocenters. The minimum absolute atomic E-state index is 0.240. The molecule has 0 aliphatic carbocycles. The fraction of sp³-hybridized carbons (Fsp3) is 0.533. The van der Waals surface area contributed by atoms with Crippen LogP contribution in [0.2, 0.25) is 0 Å². The number of rotatable bonds is 5. The summed E-state index contributed by atoms with van der Waals surface area (Å²) < 4.78 is 0. The zero-order chi connectivity index (χ0) is 14.0. The third-order valence-electron chi connectivity index (χ3n) is 3.15. The van der Waals surface area contributed by atoms with Gasteiger partial charge in [0.1, 0.15) is 5.01 Å². The van der Waals surface area contributed by atoms with Gasteiger partial charge in [-0.2, -0.15) is 0 Å².